The zero-order valence-corrected chi connectivity index (χ0v) is 21.4. The number of aliphatic hydroxyl groups excluding tert-OH is 1. The maximum absolute atomic E-state index is 16.3. The van der Waals surface area contributed by atoms with Crippen molar-refractivity contribution in [2.45, 2.75) is 57.0 Å². The molecule has 6 rings (SSSR count). The van der Waals surface area contributed by atoms with E-state index in [1.165, 1.54) is 12.1 Å². The average molecular weight is 529 g/mol. The zero-order valence-electron chi connectivity index (χ0n) is 20.7. The van der Waals surface area contributed by atoms with E-state index in [4.69, 9.17) is 16.3 Å². The van der Waals surface area contributed by atoms with Gasteiger partial charge in [0.25, 0.3) is 0 Å². The van der Waals surface area contributed by atoms with Crippen LogP contribution >= 0.6 is 11.6 Å². The van der Waals surface area contributed by atoms with Gasteiger partial charge in [-0.1, -0.05) is 11.6 Å². The summed E-state index contributed by atoms with van der Waals surface area (Å²) in [7, 11) is 0. The number of halogens is 2. The Morgan fingerprint density at radius 2 is 2.00 bits per heavy atom. The van der Waals surface area contributed by atoms with Crippen LogP contribution in [-0.2, 0) is 0 Å². The summed E-state index contributed by atoms with van der Waals surface area (Å²) in [6, 6.07) is 2.98. The second-order valence-corrected chi connectivity index (χ2v) is 11.6. The van der Waals surface area contributed by atoms with E-state index in [0.717, 1.165) is 37.7 Å². The second-order valence-electron chi connectivity index (χ2n) is 11.1. The predicted octanol–water partition coefficient (Wildman–Crippen LogP) is 4.57. The second kappa shape index (κ2) is 8.92. The summed E-state index contributed by atoms with van der Waals surface area (Å²) in [5.41, 5.74) is 0.128. The van der Waals surface area contributed by atoms with E-state index in [-0.39, 0.29) is 47.5 Å². The molecule has 2 aliphatic carbocycles. The molecule has 10 heteroatoms. The van der Waals surface area contributed by atoms with Crippen LogP contribution in [0.5, 0.6) is 11.8 Å². The van der Waals surface area contributed by atoms with E-state index in [1.807, 2.05) is 4.90 Å². The van der Waals surface area contributed by atoms with Crippen molar-refractivity contribution in [3.63, 3.8) is 0 Å². The summed E-state index contributed by atoms with van der Waals surface area (Å²) in [5.74, 6) is -0.0687. The Kier molecular flexibility index (Phi) is 5.93. The van der Waals surface area contributed by atoms with Gasteiger partial charge in [-0.3, -0.25) is 4.98 Å². The van der Waals surface area contributed by atoms with Gasteiger partial charge in [0.15, 0.2) is 5.82 Å². The molecule has 3 N–H and O–H groups in total. The lowest BCUT2D eigenvalue weighted by atomic mass is 9.95. The molecule has 1 atom stereocenters. The van der Waals surface area contributed by atoms with Crippen LogP contribution in [0.4, 0.5) is 10.2 Å². The number of pyridine rings is 1. The molecule has 0 amide bonds. The third-order valence-corrected chi connectivity index (χ3v) is 8.09. The van der Waals surface area contributed by atoms with Crippen molar-refractivity contribution in [3.05, 3.63) is 34.7 Å². The largest absolute Gasteiger partial charge is 0.508 e. The molecule has 196 valence electrons. The third kappa shape index (κ3) is 4.69. The molecule has 3 fully saturated rings. The standard InChI is InChI=1S/C27H30ClFN4O4/c1-26(36)5-2-8-33(12-26)24-18-11-30-22(17-9-16(35)10-19(28)20(17)15-3-4-15)21(29)23(18)31-25(32-24)37-14-27(13-34)6-7-27/h9-11,15,34-36H,2-8,12-14H2,1H3/t26-/m1/s1. The molecule has 0 bridgehead atoms. The number of hydrogen-bond donors (Lipinski definition) is 3. The highest BCUT2D eigenvalue weighted by Crippen LogP contribution is 2.49. The van der Waals surface area contributed by atoms with E-state index < -0.39 is 11.4 Å². The average Bonchev–Trinajstić information content (AvgIpc) is 3.78. The summed E-state index contributed by atoms with van der Waals surface area (Å²) in [4.78, 5) is 15.4. The van der Waals surface area contributed by atoms with Crippen molar-refractivity contribution in [2.24, 2.45) is 5.41 Å². The Morgan fingerprint density at radius 1 is 1.22 bits per heavy atom. The number of β-amino-alcohol motifs (C(OH)–C–C–N with tert-alkyl or cyclic N) is 1. The number of fused-ring (bicyclic) bond motifs is 1. The van der Waals surface area contributed by atoms with Crippen LogP contribution in [-0.4, -0.2) is 62.2 Å². The minimum absolute atomic E-state index is 0.00701. The lowest BCUT2D eigenvalue weighted by Crippen LogP contribution is -2.46. The van der Waals surface area contributed by atoms with Crippen molar-refractivity contribution in [1.82, 2.24) is 15.0 Å². The fourth-order valence-corrected chi connectivity index (χ4v) is 5.61. The fraction of sp³-hybridized carbons (Fsp3) is 0.519. The molecule has 2 aromatic heterocycles. The summed E-state index contributed by atoms with van der Waals surface area (Å²) in [6.07, 6.45) is 6.54. The molecule has 0 radical (unpaired) electrons. The number of aromatic hydroxyl groups is 1. The topological polar surface area (TPSA) is 112 Å². The summed E-state index contributed by atoms with van der Waals surface area (Å²) >= 11 is 6.47. The first kappa shape index (κ1) is 24.6. The Balaban J connectivity index is 1.49. The van der Waals surface area contributed by atoms with Gasteiger partial charge in [0.2, 0.25) is 0 Å². The summed E-state index contributed by atoms with van der Waals surface area (Å²) < 4.78 is 22.2. The zero-order chi connectivity index (χ0) is 25.9. The monoisotopic (exact) mass is 528 g/mol. The molecule has 0 spiro atoms. The molecule has 8 nitrogen and oxygen atoms in total. The SMILES string of the molecule is C[C@@]1(O)CCCN(c2nc(OCC3(CO)CC3)nc3c(F)c(-c4cc(O)cc(Cl)c4C4CC4)ncc23)C1. The fourth-order valence-electron chi connectivity index (χ4n) is 5.24. The molecule has 0 unspecified atom stereocenters. The number of aromatic nitrogens is 3. The molecular weight excluding hydrogens is 499 g/mol. The van der Waals surface area contributed by atoms with Gasteiger partial charge in [0.1, 0.15) is 22.8 Å². The first-order chi connectivity index (χ1) is 17.7. The van der Waals surface area contributed by atoms with Gasteiger partial charge in [-0.2, -0.15) is 9.97 Å². The molecule has 3 aromatic rings. The van der Waals surface area contributed by atoms with E-state index in [9.17, 15) is 15.3 Å². The molecule has 37 heavy (non-hydrogen) atoms. The quantitative estimate of drug-likeness (QED) is 0.409. The maximum Gasteiger partial charge on any atom is 0.319 e. The molecule has 1 aliphatic heterocycles. The molecule has 2 saturated carbocycles. The number of aliphatic hydroxyl groups is 2. The van der Waals surface area contributed by atoms with Crippen LogP contribution < -0.4 is 9.64 Å². The first-order valence-electron chi connectivity index (χ1n) is 12.8. The Labute approximate surface area is 219 Å². The van der Waals surface area contributed by atoms with Gasteiger partial charge in [0, 0.05) is 35.3 Å². The number of rotatable bonds is 7. The number of benzene rings is 1. The van der Waals surface area contributed by atoms with Gasteiger partial charge in [-0.15, -0.1) is 0 Å². The molecule has 3 heterocycles. The van der Waals surface area contributed by atoms with E-state index in [0.29, 0.717) is 41.3 Å². The van der Waals surface area contributed by atoms with Crippen molar-refractivity contribution in [2.75, 3.05) is 31.2 Å². The number of hydrogen-bond acceptors (Lipinski definition) is 8. The Bertz CT molecular complexity index is 1380. The van der Waals surface area contributed by atoms with Crippen molar-refractivity contribution < 1.29 is 24.4 Å². The van der Waals surface area contributed by atoms with Gasteiger partial charge in [0.05, 0.1) is 24.2 Å². The highest BCUT2D eigenvalue weighted by molar-refractivity contribution is 6.32. The van der Waals surface area contributed by atoms with Crippen LogP contribution in [0.25, 0.3) is 22.2 Å². The number of phenolic OH excluding ortho intramolecular Hbond substituents is 1. The van der Waals surface area contributed by atoms with E-state index in [1.54, 1.807) is 13.1 Å². The number of anilines is 1. The van der Waals surface area contributed by atoms with Gasteiger partial charge in [-0.25, -0.2) is 4.39 Å². The normalized spacial score (nSPS) is 22.9. The Hall–Kier alpha value is -2.75. The molecule has 1 saturated heterocycles. The van der Waals surface area contributed by atoms with Crippen molar-refractivity contribution in [1.29, 1.82) is 0 Å². The van der Waals surface area contributed by atoms with Crippen molar-refractivity contribution >= 4 is 28.3 Å². The number of phenols is 1. The first-order valence-corrected chi connectivity index (χ1v) is 13.2. The van der Waals surface area contributed by atoms with E-state index in [2.05, 4.69) is 15.0 Å². The van der Waals surface area contributed by atoms with Crippen LogP contribution in [0.15, 0.2) is 18.3 Å². The molecule has 3 aliphatic rings. The van der Waals surface area contributed by atoms with Crippen LogP contribution in [0.1, 0.15) is 56.9 Å². The predicted molar refractivity (Wildman–Crippen MR) is 138 cm³/mol. The summed E-state index contributed by atoms with van der Waals surface area (Å²) in [6.45, 7) is 2.99. The lowest BCUT2D eigenvalue weighted by Gasteiger charge is -2.37. The molecular formula is C27H30ClFN4O4. The van der Waals surface area contributed by atoms with Gasteiger partial charge < -0.3 is 25.0 Å². The smallest absolute Gasteiger partial charge is 0.319 e. The van der Waals surface area contributed by atoms with Gasteiger partial charge >= 0.3 is 6.01 Å². The van der Waals surface area contributed by atoms with Crippen LogP contribution in [0.2, 0.25) is 5.02 Å². The highest BCUT2D eigenvalue weighted by atomic mass is 35.5. The highest BCUT2D eigenvalue weighted by Gasteiger charge is 2.43. The van der Waals surface area contributed by atoms with Crippen molar-refractivity contribution in [3.8, 4) is 23.0 Å². The molecule has 1 aromatic carbocycles. The van der Waals surface area contributed by atoms with Gasteiger partial charge in [-0.05, 0) is 69.1 Å². The number of nitrogens with zero attached hydrogens (tertiary/aromatic N) is 4. The van der Waals surface area contributed by atoms with Crippen LogP contribution in [0.3, 0.4) is 0 Å². The number of ether oxygens (including phenoxy) is 1. The third-order valence-electron chi connectivity index (χ3n) is 7.77. The summed E-state index contributed by atoms with van der Waals surface area (Å²) in [5, 5.41) is 31.4. The van der Waals surface area contributed by atoms with Crippen LogP contribution in [0, 0.1) is 11.2 Å². The minimum Gasteiger partial charge on any atom is -0.508 e. The maximum atomic E-state index is 16.3. The van der Waals surface area contributed by atoms with E-state index >= 15 is 4.39 Å². The number of piperidine rings is 1. The minimum atomic E-state index is -0.908. The Morgan fingerprint density at radius 3 is 2.68 bits per heavy atom. The lowest BCUT2D eigenvalue weighted by molar-refractivity contribution is 0.0447.